The van der Waals surface area contributed by atoms with E-state index < -0.39 is 5.97 Å². The number of nitrogens with zero attached hydrogens (tertiary/aromatic N) is 1. The van der Waals surface area contributed by atoms with E-state index in [0.29, 0.717) is 0 Å². The molecule has 3 heteroatoms. The highest BCUT2D eigenvalue weighted by atomic mass is 16.5. The molecule has 0 aliphatic rings. The van der Waals surface area contributed by atoms with E-state index in [1.165, 1.54) is 12.7 Å². The lowest BCUT2D eigenvalue weighted by atomic mass is 9.87. The average Bonchev–Trinajstić information content (AvgIpc) is 2.52. The van der Waals surface area contributed by atoms with Gasteiger partial charge in [0.1, 0.15) is 5.69 Å². The summed E-state index contributed by atoms with van der Waals surface area (Å²) < 4.78 is 4.65. The van der Waals surface area contributed by atoms with Gasteiger partial charge in [0.2, 0.25) is 0 Å². The Bertz CT molecular complexity index is 729. The first-order chi connectivity index (χ1) is 10.4. The van der Waals surface area contributed by atoms with Crippen molar-refractivity contribution in [2.75, 3.05) is 7.11 Å². The second kappa shape index (κ2) is 6.44. The molecule has 0 unspecified atom stereocenters. The largest absolute Gasteiger partial charge is 0.464 e. The van der Waals surface area contributed by atoms with Crippen LogP contribution in [0.5, 0.6) is 0 Å². The van der Waals surface area contributed by atoms with Gasteiger partial charge in [-0.25, -0.2) is 9.78 Å². The average molecular weight is 293 g/mol. The summed E-state index contributed by atoms with van der Waals surface area (Å²) in [6, 6.07) is 11.6. The van der Waals surface area contributed by atoms with Gasteiger partial charge in [-0.2, -0.15) is 0 Å². The van der Waals surface area contributed by atoms with Crippen LogP contribution in [-0.2, 0) is 10.2 Å². The molecule has 1 aromatic heterocycles. The molecule has 22 heavy (non-hydrogen) atoms. The molecule has 0 fully saturated rings. The van der Waals surface area contributed by atoms with Gasteiger partial charge in [-0.05, 0) is 35.2 Å². The van der Waals surface area contributed by atoms with Crippen molar-refractivity contribution in [1.82, 2.24) is 4.98 Å². The Labute approximate surface area is 131 Å². The van der Waals surface area contributed by atoms with E-state index >= 15 is 0 Å². The van der Waals surface area contributed by atoms with Crippen LogP contribution in [0.4, 0.5) is 0 Å². The maximum Gasteiger partial charge on any atom is 0.356 e. The molecule has 3 nitrogen and oxygen atoms in total. The Hall–Kier alpha value is -2.60. The first-order valence-corrected chi connectivity index (χ1v) is 7.07. The third-order valence-electron chi connectivity index (χ3n) is 3.26. The summed E-state index contributed by atoms with van der Waals surface area (Å²) in [5.41, 5.74) is 3.33. The lowest BCUT2D eigenvalue weighted by Gasteiger charge is -2.18. The van der Waals surface area contributed by atoms with Gasteiger partial charge < -0.3 is 4.74 Å². The monoisotopic (exact) mass is 293 g/mol. The van der Waals surface area contributed by atoms with Crippen LogP contribution in [0, 0.1) is 11.8 Å². The SMILES string of the molecule is COC(=O)c1cc(C#Cc2ccc(C(C)(C)C)cc2)ccn1. The van der Waals surface area contributed by atoms with Gasteiger partial charge in [0.05, 0.1) is 7.11 Å². The summed E-state index contributed by atoms with van der Waals surface area (Å²) in [5, 5.41) is 0. The van der Waals surface area contributed by atoms with Gasteiger partial charge >= 0.3 is 5.97 Å². The molecule has 0 spiro atoms. The molecule has 0 saturated heterocycles. The zero-order valence-corrected chi connectivity index (χ0v) is 13.3. The molecule has 1 aromatic carbocycles. The Morgan fingerprint density at radius 3 is 2.27 bits per heavy atom. The fourth-order valence-corrected chi connectivity index (χ4v) is 1.92. The van der Waals surface area contributed by atoms with E-state index in [1.54, 1.807) is 18.3 Å². The van der Waals surface area contributed by atoms with Crippen LogP contribution in [0.25, 0.3) is 0 Å². The van der Waals surface area contributed by atoms with Crippen LogP contribution in [0.2, 0.25) is 0 Å². The number of pyridine rings is 1. The fraction of sp³-hybridized carbons (Fsp3) is 0.263. The number of benzene rings is 1. The molecule has 0 N–H and O–H groups in total. The highest BCUT2D eigenvalue weighted by Crippen LogP contribution is 2.21. The van der Waals surface area contributed by atoms with Crippen molar-refractivity contribution in [3.63, 3.8) is 0 Å². The maximum absolute atomic E-state index is 11.4. The standard InChI is InChI=1S/C19H19NO2/c1-19(2,3)16-9-7-14(8-10-16)5-6-15-11-12-20-17(13-15)18(21)22-4/h7-13H,1-4H3. The molecule has 0 radical (unpaired) electrons. The smallest absolute Gasteiger partial charge is 0.356 e. The molecule has 1 heterocycles. The second-order valence-corrected chi connectivity index (χ2v) is 6.00. The molecule has 0 aliphatic heterocycles. The molecule has 2 aromatic rings. The lowest BCUT2D eigenvalue weighted by molar-refractivity contribution is 0.0594. The van der Waals surface area contributed by atoms with Crippen LogP contribution in [0.1, 0.15) is 48.0 Å². The Kier molecular flexibility index (Phi) is 4.62. The predicted molar refractivity (Wildman–Crippen MR) is 86.7 cm³/mol. The minimum absolute atomic E-state index is 0.131. The van der Waals surface area contributed by atoms with Crippen LogP contribution in [0.3, 0.4) is 0 Å². The maximum atomic E-state index is 11.4. The van der Waals surface area contributed by atoms with Crippen molar-refractivity contribution in [2.45, 2.75) is 26.2 Å². The van der Waals surface area contributed by atoms with Gasteiger partial charge in [0.15, 0.2) is 0 Å². The summed E-state index contributed by atoms with van der Waals surface area (Å²) in [7, 11) is 1.33. The Morgan fingerprint density at radius 2 is 1.68 bits per heavy atom. The zero-order valence-electron chi connectivity index (χ0n) is 13.3. The number of carbonyl (C=O) groups excluding carboxylic acids is 1. The number of hydrogen-bond acceptors (Lipinski definition) is 3. The van der Waals surface area contributed by atoms with Crippen molar-refractivity contribution in [2.24, 2.45) is 0 Å². The number of methoxy groups -OCH3 is 1. The van der Waals surface area contributed by atoms with E-state index in [1.807, 2.05) is 12.1 Å². The molecular formula is C19H19NO2. The third kappa shape index (κ3) is 3.95. The lowest BCUT2D eigenvalue weighted by Crippen LogP contribution is -2.10. The zero-order chi connectivity index (χ0) is 16.2. The molecule has 0 atom stereocenters. The second-order valence-electron chi connectivity index (χ2n) is 6.00. The van der Waals surface area contributed by atoms with E-state index in [2.05, 4.69) is 54.5 Å². The van der Waals surface area contributed by atoms with Crippen LogP contribution >= 0.6 is 0 Å². The van der Waals surface area contributed by atoms with Gasteiger partial charge in [0, 0.05) is 17.3 Å². The number of rotatable bonds is 1. The number of carbonyl (C=O) groups is 1. The normalized spacial score (nSPS) is 10.5. The predicted octanol–water partition coefficient (Wildman–Crippen LogP) is 3.57. The van der Waals surface area contributed by atoms with Crippen molar-refractivity contribution < 1.29 is 9.53 Å². The van der Waals surface area contributed by atoms with E-state index in [9.17, 15) is 4.79 Å². The molecular weight excluding hydrogens is 274 g/mol. The summed E-state index contributed by atoms with van der Waals surface area (Å²) >= 11 is 0. The van der Waals surface area contributed by atoms with Crippen molar-refractivity contribution in [3.8, 4) is 11.8 Å². The molecule has 2 rings (SSSR count). The number of ether oxygens (including phenoxy) is 1. The summed E-state index contributed by atoms with van der Waals surface area (Å²) in [6.07, 6.45) is 1.55. The van der Waals surface area contributed by atoms with Gasteiger partial charge in [-0.1, -0.05) is 44.7 Å². The van der Waals surface area contributed by atoms with Crippen molar-refractivity contribution in [3.05, 3.63) is 65.0 Å². The quantitative estimate of drug-likeness (QED) is 0.596. The van der Waals surface area contributed by atoms with Crippen LogP contribution in [0.15, 0.2) is 42.6 Å². The Balaban J connectivity index is 2.22. The summed E-state index contributed by atoms with van der Waals surface area (Å²) in [4.78, 5) is 15.4. The number of aromatic nitrogens is 1. The van der Waals surface area contributed by atoms with E-state index in [-0.39, 0.29) is 11.1 Å². The third-order valence-corrected chi connectivity index (χ3v) is 3.26. The summed E-state index contributed by atoms with van der Waals surface area (Å²) in [5.74, 6) is 5.67. The molecule has 0 bridgehead atoms. The van der Waals surface area contributed by atoms with Crippen LogP contribution < -0.4 is 0 Å². The van der Waals surface area contributed by atoms with Gasteiger partial charge in [-0.15, -0.1) is 0 Å². The highest BCUT2D eigenvalue weighted by Gasteiger charge is 2.12. The molecule has 0 aliphatic carbocycles. The van der Waals surface area contributed by atoms with Gasteiger partial charge in [0.25, 0.3) is 0 Å². The fourth-order valence-electron chi connectivity index (χ4n) is 1.92. The Morgan fingerprint density at radius 1 is 1.05 bits per heavy atom. The number of esters is 1. The van der Waals surface area contributed by atoms with E-state index in [4.69, 9.17) is 0 Å². The molecule has 0 amide bonds. The van der Waals surface area contributed by atoms with Gasteiger partial charge in [-0.3, -0.25) is 0 Å². The first kappa shape index (κ1) is 15.8. The van der Waals surface area contributed by atoms with Crippen molar-refractivity contribution in [1.29, 1.82) is 0 Å². The van der Waals surface area contributed by atoms with Crippen molar-refractivity contribution >= 4 is 5.97 Å². The number of hydrogen-bond donors (Lipinski definition) is 0. The highest BCUT2D eigenvalue weighted by molar-refractivity contribution is 5.87. The first-order valence-electron chi connectivity index (χ1n) is 7.07. The minimum Gasteiger partial charge on any atom is -0.464 e. The van der Waals surface area contributed by atoms with Crippen LogP contribution in [-0.4, -0.2) is 18.1 Å². The minimum atomic E-state index is -0.460. The van der Waals surface area contributed by atoms with E-state index in [0.717, 1.165) is 11.1 Å². The topological polar surface area (TPSA) is 39.2 Å². The summed E-state index contributed by atoms with van der Waals surface area (Å²) in [6.45, 7) is 6.54. The molecule has 112 valence electrons. The molecule has 0 saturated carbocycles.